The average Bonchev–Trinajstić information content (AvgIpc) is 3.52. The second-order valence-electron chi connectivity index (χ2n) is 9.87. The number of hydrogen-bond donors (Lipinski definition) is 4. The van der Waals surface area contributed by atoms with Gasteiger partial charge >= 0.3 is 5.97 Å². The molecule has 1 aliphatic rings. The molecule has 42 heavy (non-hydrogen) atoms. The summed E-state index contributed by atoms with van der Waals surface area (Å²) in [7, 11) is 1.79. The van der Waals surface area contributed by atoms with Gasteiger partial charge in [-0.2, -0.15) is 5.10 Å². The minimum Gasteiger partial charge on any atom is -0.481 e. The van der Waals surface area contributed by atoms with E-state index in [1.165, 1.54) is 0 Å². The Bertz CT molecular complexity index is 1740. The van der Waals surface area contributed by atoms with Gasteiger partial charge in [-0.05, 0) is 54.8 Å². The molecule has 0 fully saturated rings. The predicted octanol–water partition coefficient (Wildman–Crippen LogP) is 4.89. The first-order valence-corrected chi connectivity index (χ1v) is 13.4. The molecule has 0 atom stereocenters. The zero-order valence-electron chi connectivity index (χ0n) is 23.1. The van der Waals surface area contributed by atoms with Crippen LogP contribution in [-0.4, -0.2) is 38.5 Å². The third kappa shape index (κ3) is 6.12. The molecule has 2 amide bonds. The number of nitrogens with zero attached hydrogens (tertiary/aromatic N) is 2. The smallest absolute Gasteiger partial charge is 0.303 e. The van der Waals surface area contributed by atoms with E-state index in [2.05, 4.69) is 21.0 Å². The van der Waals surface area contributed by atoms with Crippen molar-refractivity contribution < 1.29 is 24.3 Å². The van der Waals surface area contributed by atoms with Crippen molar-refractivity contribution in [2.45, 2.75) is 26.2 Å². The van der Waals surface area contributed by atoms with Crippen LogP contribution in [-0.2, 0) is 29.5 Å². The highest BCUT2D eigenvalue weighted by atomic mass is 16.4. The van der Waals surface area contributed by atoms with E-state index in [1.54, 1.807) is 66.5 Å². The quantitative estimate of drug-likeness (QED) is 0.159. The minimum absolute atomic E-state index is 0.0616. The van der Waals surface area contributed by atoms with Crippen LogP contribution in [0, 0.1) is 0 Å². The third-order valence-corrected chi connectivity index (χ3v) is 6.98. The molecule has 212 valence electrons. The number of aryl methyl sites for hydroxylation is 3. The third-order valence-electron chi connectivity index (χ3n) is 6.98. The first-order chi connectivity index (χ1) is 20.2. The summed E-state index contributed by atoms with van der Waals surface area (Å²) >= 11 is 0. The molecule has 4 aromatic rings. The van der Waals surface area contributed by atoms with Crippen LogP contribution in [0.3, 0.4) is 0 Å². The molecule has 1 aliphatic heterocycles. The lowest BCUT2D eigenvalue weighted by atomic mass is 9.99. The van der Waals surface area contributed by atoms with E-state index >= 15 is 0 Å². The molecule has 0 saturated carbocycles. The van der Waals surface area contributed by atoms with E-state index in [0.717, 1.165) is 23.4 Å². The Morgan fingerprint density at radius 2 is 1.74 bits per heavy atom. The number of fused-ring (bicyclic) bond motifs is 1. The topological polar surface area (TPSA) is 142 Å². The van der Waals surface area contributed by atoms with Crippen molar-refractivity contribution in [3.05, 3.63) is 113 Å². The molecule has 0 radical (unpaired) electrons. The van der Waals surface area contributed by atoms with Crippen LogP contribution in [0.5, 0.6) is 0 Å². The molecule has 0 spiro atoms. The Hall–Kier alpha value is -5.51. The number of nitrogens with one attached hydrogen (secondary N) is 3. The van der Waals surface area contributed by atoms with E-state index in [4.69, 9.17) is 5.11 Å². The van der Waals surface area contributed by atoms with Gasteiger partial charge in [-0.25, -0.2) is 0 Å². The maximum atomic E-state index is 13.3. The number of benzene rings is 3. The Morgan fingerprint density at radius 1 is 0.976 bits per heavy atom. The summed E-state index contributed by atoms with van der Waals surface area (Å²) in [4.78, 5) is 49.5. The van der Waals surface area contributed by atoms with Gasteiger partial charge in [0.1, 0.15) is 0 Å². The van der Waals surface area contributed by atoms with Crippen LogP contribution < -0.4 is 16.0 Å². The number of carboxylic acids is 1. The number of hydrogen-bond acceptors (Lipinski definition) is 6. The number of rotatable bonds is 10. The standard InChI is InChI=1S/C32H29N5O5/c1-3-24-17-28(36-37(24)2)32(42)34-23-6-4-5-20(15-23)30(40)21-10-13-25-26(31(41)35-27(25)16-21)18-33-22-11-7-19(8-12-22)9-14-29(38)39/h4-8,10-13,15-18,33H,3,9,14H2,1-2H3,(H,34,42)(H,35,41)(H,38,39). The summed E-state index contributed by atoms with van der Waals surface area (Å²) < 4.78 is 1.67. The fraction of sp³-hybridized carbons (Fsp3) is 0.156. The maximum Gasteiger partial charge on any atom is 0.303 e. The lowest BCUT2D eigenvalue weighted by molar-refractivity contribution is -0.137. The molecular formula is C32H29N5O5. The first kappa shape index (κ1) is 28.0. The summed E-state index contributed by atoms with van der Waals surface area (Å²) in [5, 5.41) is 21.8. The molecule has 1 aromatic heterocycles. The minimum atomic E-state index is -0.846. The maximum absolute atomic E-state index is 13.3. The van der Waals surface area contributed by atoms with Crippen LogP contribution in [0.1, 0.15) is 56.6 Å². The van der Waals surface area contributed by atoms with Crippen LogP contribution >= 0.6 is 0 Å². The normalized spacial score (nSPS) is 13.0. The summed E-state index contributed by atoms with van der Waals surface area (Å²) in [6, 6.07) is 20.8. The second kappa shape index (κ2) is 11.9. The molecule has 4 N–H and O–H groups in total. The number of anilines is 3. The van der Waals surface area contributed by atoms with Crippen molar-refractivity contribution in [2.75, 3.05) is 16.0 Å². The monoisotopic (exact) mass is 563 g/mol. The van der Waals surface area contributed by atoms with Gasteiger partial charge in [0, 0.05) is 59.1 Å². The van der Waals surface area contributed by atoms with Crippen LogP contribution in [0.15, 0.2) is 79.0 Å². The van der Waals surface area contributed by atoms with Crippen molar-refractivity contribution in [2.24, 2.45) is 7.05 Å². The van der Waals surface area contributed by atoms with Crippen molar-refractivity contribution in [3.8, 4) is 0 Å². The van der Waals surface area contributed by atoms with E-state index < -0.39 is 5.97 Å². The number of carboxylic acid groups (broad SMARTS) is 1. The highest BCUT2D eigenvalue weighted by Crippen LogP contribution is 2.33. The summed E-state index contributed by atoms with van der Waals surface area (Å²) in [5.74, 6) is -1.77. The predicted molar refractivity (Wildman–Crippen MR) is 159 cm³/mol. The van der Waals surface area contributed by atoms with Gasteiger partial charge in [-0.15, -0.1) is 0 Å². The molecular weight excluding hydrogens is 534 g/mol. The van der Waals surface area contributed by atoms with E-state index in [-0.39, 0.29) is 24.0 Å². The van der Waals surface area contributed by atoms with E-state index in [1.807, 2.05) is 31.2 Å². The zero-order chi connectivity index (χ0) is 29.8. The molecule has 0 aliphatic carbocycles. The molecule has 10 nitrogen and oxygen atoms in total. The molecule has 0 bridgehead atoms. The highest BCUT2D eigenvalue weighted by Gasteiger charge is 2.25. The van der Waals surface area contributed by atoms with Gasteiger partial charge in [0.05, 0.1) is 5.57 Å². The van der Waals surface area contributed by atoms with Crippen molar-refractivity contribution in [3.63, 3.8) is 0 Å². The number of aliphatic carboxylic acids is 1. The zero-order valence-corrected chi connectivity index (χ0v) is 23.1. The van der Waals surface area contributed by atoms with Gasteiger partial charge in [-0.3, -0.25) is 23.9 Å². The average molecular weight is 564 g/mol. The molecule has 0 unspecified atom stereocenters. The van der Waals surface area contributed by atoms with Gasteiger partial charge in [0.15, 0.2) is 11.5 Å². The summed E-state index contributed by atoms with van der Waals surface area (Å²) in [5.41, 5.74) is 5.73. The Labute approximate surface area is 242 Å². The van der Waals surface area contributed by atoms with Crippen LogP contribution in [0.25, 0.3) is 5.57 Å². The lowest BCUT2D eigenvalue weighted by Gasteiger charge is -2.08. The van der Waals surface area contributed by atoms with Gasteiger partial charge in [0.25, 0.3) is 11.8 Å². The molecule has 2 heterocycles. The van der Waals surface area contributed by atoms with Crippen molar-refractivity contribution in [1.29, 1.82) is 0 Å². The van der Waals surface area contributed by atoms with Gasteiger partial charge in [-0.1, -0.05) is 43.3 Å². The summed E-state index contributed by atoms with van der Waals surface area (Å²) in [6.45, 7) is 1.99. The van der Waals surface area contributed by atoms with Crippen LogP contribution in [0.4, 0.5) is 17.1 Å². The van der Waals surface area contributed by atoms with E-state index in [9.17, 15) is 19.2 Å². The van der Waals surface area contributed by atoms with E-state index in [0.29, 0.717) is 45.8 Å². The van der Waals surface area contributed by atoms with Crippen molar-refractivity contribution >= 4 is 46.2 Å². The SMILES string of the molecule is CCc1cc(C(=O)Nc2cccc(C(=O)c3ccc4c(c3)NC(=O)C4=CNc3ccc(CCC(=O)O)cc3)c2)nn1C. The fourth-order valence-corrected chi connectivity index (χ4v) is 4.70. The Morgan fingerprint density at radius 3 is 2.45 bits per heavy atom. The molecule has 5 rings (SSSR count). The number of carbonyl (C=O) groups excluding carboxylic acids is 3. The second-order valence-corrected chi connectivity index (χ2v) is 9.87. The summed E-state index contributed by atoms with van der Waals surface area (Å²) in [6.07, 6.45) is 2.86. The first-order valence-electron chi connectivity index (χ1n) is 13.4. The van der Waals surface area contributed by atoms with Gasteiger partial charge in [0.2, 0.25) is 0 Å². The Balaban J connectivity index is 1.28. The number of carbonyl (C=O) groups is 4. The van der Waals surface area contributed by atoms with Crippen LogP contribution in [0.2, 0.25) is 0 Å². The van der Waals surface area contributed by atoms with Crippen molar-refractivity contribution in [1.82, 2.24) is 9.78 Å². The molecule has 3 aromatic carbocycles. The largest absolute Gasteiger partial charge is 0.481 e. The lowest BCUT2D eigenvalue weighted by Crippen LogP contribution is -2.13. The fourth-order valence-electron chi connectivity index (χ4n) is 4.70. The number of ketones is 1. The highest BCUT2D eigenvalue weighted by molar-refractivity contribution is 6.32. The number of aromatic nitrogens is 2. The Kier molecular flexibility index (Phi) is 7.96. The van der Waals surface area contributed by atoms with Gasteiger partial charge < -0.3 is 21.1 Å². The molecule has 0 saturated heterocycles. The molecule has 10 heteroatoms. The number of amides is 2.